The summed E-state index contributed by atoms with van der Waals surface area (Å²) in [5.41, 5.74) is 2.87. The van der Waals surface area contributed by atoms with Gasteiger partial charge in [0.05, 0.1) is 3.79 Å². The van der Waals surface area contributed by atoms with E-state index in [4.69, 9.17) is 0 Å². The zero-order valence-corrected chi connectivity index (χ0v) is 13.4. The van der Waals surface area contributed by atoms with Gasteiger partial charge in [0.1, 0.15) is 0 Å². The summed E-state index contributed by atoms with van der Waals surface area (Å²) in [4.78, 5) is 1.55. The van der Waals surface area contributed by atoms with Gasteiger partial charge in [-0.25, -0.2) is 0 Å². The molecule has 0 saturated heterocycles. The molecule has 1 aromatic heterocycles. The molecule has 19 heavy (non-hydrogen) atoms. The van der Waals surface area contributed by atoms with Gasteiger partial charge in [-0.15, -0.1) is 11.3 Å². The van der Waals surface area contributed by atoms with E-state index in [9.17, 15) is 0 Å². The number of hydrogen-bond donors (Lipinski definition) is 1. The van der Waals surface area contributed by atoms with E-state index in [1.165, 1.54) is 34.2 Å². The lowest BCUT2D eigenvalue weighted by Gasteiger charge is -2.27. The van der Waals surface area contributed by atoms with Gasteiger partial charge < -0.3 is 5.32 Å². The number of halogens is 1. The predicted octanol–water partition coefficient (Wildman–Crippen LogP) is 5.24. The van der Waals surface area contributed by atoms with Crippen LogP contribution in [0.1, 0.15) is 47.9 Å². The Morgan fingerprint density at radius 2 is 2.11 bits per heavy atom. The van der Waals surface area contributed by atoms with E-state index in [1.807, 2.05) is 11.3 Å². The fraction of sp³-hybridized carbons (Fsp3) is 0.375. The number of aryl methyl sites for hydroxylation is 1. The Bertz CT molecular complexity index is 549. The summed E-state index contributed by atoms with van der Waals surface area (Å²) >= 11 is 5.52. The van der Waals surface area contributed by atoms with Crippen LogP contribution in [0.15, 0.2) is 40.2 Å². The van der Waals surface area contributed by atoms with Crippen molar-refractivity contribution in [1.82, 2.24) is 5.32 Å². The largest absolute Gasteiger partial charge is 0.303 e. The van der Waals surface area contributed by atoms with Crippen LogP contribution >= 0.6 is 27.3 Å². The van der Waals surface area contributed by atoms with E-state index in [2.05, 4.69) is 64.6 Å². The van der Waals surface area contributed by atoms with Gasteiger partial charge in [0.15, 0.2) is 0 Å². The standard InChI is InChI=1S/C16H18BrNS/c1-11(12-6-3-2-4-7-12)18-14-8-5-9-15-13(14)10-16(17)19-15/h2-4,6-7,10-11,14,18H,5,8-9H2,1H3/t11-,14?/m1/s1. The second kappa shape index (κ2) is 5.78. The molecule has 1 aliphatic rings. The lowest BCUT2D eigenvalue weighted by atomic mass is 9.93. The van der Waals surface area contributed by atoms with E-state index in [-0.39, 0.29) is 0 Å². The van der Waals surface area contributed by atoms with Gasteiger partial charge in [0.25, 0.3) is 0 Å². The van der Waals surface area contributed by atoms with Crippen molar-refractivity contribution >= 4 is 27.3 Å². The molecular weight excluding hydrogens is 318 g/mol. The molecule has 100 valence electrons. The second-order valence-corrected chi connectivity index (χ2v) is 7.69. The highest BCUT2D eigenvalue weighted by molar-refractivity contribution is 9.11. The van der Waals surface area contributed by atoms with Crippen molar-refractivity contribution in [2.24, 2.45) is 0 Å². The third-order valence-corrected chi connectivity index (χ3v) is 5.55. The molecular formula is C16H18BrNS. The zero-order chi connectivity index (χ0) is 13.2. The Morgan fingerprint density at radius 3 is 2.89 bits per heavy atom. The van der Waals surface area contributed by atoms with Gasteiger partial charge in [0.2, 0.25) is 0 Å². The van der Waals surface area contributed by atoms with Gasteiger partial charge in [-0.1, -0.05) is 30.3 Å². The van der Waals surface area contributed by atoms with Crippen molar-refractivity contribution in [3.05, 3.63) is 56.2 Å². The number of rotatable bonds is 3. The number of thiophene rings is 1. The summed E-state index contributed by atoms with van der Waals surface area (Å²) < 4.78 is 1.26. The summed E-state index contributed by atoms with van der Waals surface area (Å²) in [6, 6.07) is 13.9. The molecule has 2 aromatic rings. The zero-order valence-electron chi connectivity index (χ0n) is 11.0. The highest BCUT2D eigenvalue weighted by atomic mass is 79.9. The molecule has 0 spiro atoms. The third-order valence-electron chi connectivity index (χ3n) is 3.83. The molecule has 0 fully saturated rings. The van der Waals surface area contributed by atoms with E-state index in [0.717, 1.165) is 0 Å². The Balaban J connectivity index is 1.77. The number of benzene rings is 1. The molecule has 1 unspecified atom stereocenters. The molecule has 2 atom stereocenters. The summed E-state index contributed by atoms with van der Waals surface area (Å²) in [7, 11) is 0. The van der Waals surface area contributed by atoms with Gasteiger partial charge in [-0.2, -0.15) is 0 Å². The van der Waals surface area contributed by atoms with Crippen molar-refractivity contribution in [3.63, 3.8) is 0 Å². The Morgan fingerprint density at radius 1 is 1.32 bits per heavy atom. The monoisotopic (exact) mass is 335 g/mol. The van der Waals surface area contributed by atoms with Crippen molar-refractivity contribution in [2.45, 2.75) is 38.3 Å². The number of fused-ring (bicyclic) bond motifs is 1. The van der Waals surface area contributed by atoms with Crippen LogP contribution in [0.3, 0.4) is 0 Å². The van der Waals surface area contributed by atoms with E-state index in [1.54, 1.807) is 4.88 Å². The van der Waals surface area contributed by atoms with Crippen LogP contribution in [0.2, 0.25) is 0 Å². The highest BCUT2D eigenvalue weighted by Gasteiger charge is 2.23. The first-order chi connectivity index (χ1) is 9.24. The minimum Gasteiger partial charge on any atom is -0.303 e. The fourth-order valence-electron chi connectivity index (χ4n) is 2.83. The van der Waals surface area contributed by atoms with E-state index >= 15 is 0 Å². The van der Waals surface area contributed by atoms with E-state index in [0.29, 0.717) is 12.1 Å². The van der Waals surface area contributed by atoms with Crippen molar-refractivity contribution in [1.29, 1.82) is 0 Å². The van der Waals surface area contributed by atoms with Crippen LogP contribution in [0.5, 0.6) is 0 Å². The van der Waals surface area contributed by atoms with Crippen LogP contribution in [0.25, 0.3) is 0 Å². The Kier molecular flexibility index (Phi) is 4.06. The van der Waals surface area contributed by atoms with Gasteiger partial charge >= 0.3 is 0 Å². The van der Waals surface area contributed by atoms with Gasteiger partial charge in [0, 0.05) is 17.0 Å². The fourth-order valence-corrected chi connectivity index (χ4v) is 4.65. The molecule has 0 saturated carbocycles. The predicted molar refractivity (Wildman–Crippen MR) is 85.7 cm³/mol. The topological polar surface area (TPSA) is 12.0 Å². The molecule has 0 bridgehead atoms. The molecule has 0 aliphatic heterocycles. The van der Waals surface area contributed by atoms with Crippen LogP contribution in [0, 0.1) is 0 Å². The molecule has 0 radical (unpaired) electrons. The van der Waals surface area contributed by atoms with Crippen LogP contribution in [0.4, 0.5) is 0 Å². The lowest BCUT2D eigenvalue weighted by molar-refractivity contribution is 0.418. The summed E-state index contributed by atoms with van der Waals surface area (Å²) in [6.07, 6.45) is 3.77. The smallest absolute Gasteiger partial charge is 0.0704 e. The van der Waals surface area contributed by atoms with Gasteiger partial charge in [-0.05, 0) is 59.3 Å². The second-order valence-electron chi connectivity index (χ2n) is 5.17. The quantitative estimate of drug-likeness (QED) is 0.808. The van der Waals surface area contributed by atoms with Crippen molar-refractivity contribution in [2.75, 3.05) is 0 Å². The van der Waals surface area contributed by atoms with Crippen LogP contribution in [-0.2, 0) is 6.42 Å². The van der Waals surface area contributed by atoms with Gasteiger partial charge in [-0.3, -0.25) is 0 Å². The minimum absolute atomic E-state index is 0.399. The summed E-state index contributed by atoms with van der Waals surface area (Å²) in [5, 5.41) is 3.79. The first-order valence-electron chi connectivity index (χ1n) is 6.83. The molecule has 0 amide bonds. The first kappa shape index (κ1) is 13.3. The van der Waals surface area contributed by atoms with Crippen molar-refractivity contribution in [3.8, 4) is 0 Å². The van der Waals surface area contributed by atoms with Crippen LogP contribution in [-0.4, -0.2) is 0 Å². The minimum atomic E-state index is 0.399. The van der Waals surface area contributed by atoms with E-state index < -0.39 is 0 Å². The third kappa shape index (κ3) is 2.93. The SMILES string of the molecule is C[C@@H](NC1CCCc2sc(Br)cc21)c1ccccc1. The maximum atomic E-state index is 3.79. The van der Waals surface area contributed by atoms with Crippen molar-refractivity contribution < 1.29 is 0 Å². The molecule has 1 heterocycles. The lowest BCUT2D eigenvalue weighted by Crippen LogP contribution is -2.27. The highest BCUT2D eigenvalue weighted by Crippen LogP contribution is 2.38. The average molecular weight is 336 g/mol. The Labute approximate surface area is 127 Å². The molecule has 1 nitrogen and oxygen atoms in total. The molecule has 1 aromatic carbocycles. The summed E-state index contributed by atoms with van der Waals surface area (Å²) in [6.45, 7) is 2.25. The first-order valence-corrected chi connectivity index (χ1v) is 8.44. The molecule has 1 aliphatic carbocycles. The molecule has 3 rings (SSSR count). The summed E-state index contributed by atoms with van der Waals surface area (Å²) in [5.74, 6) is 0. The maximum Gasteiger partial charge on any atom is 0.0704 e. The average Bonchev–Trinajstić information content (AvgIpc) is 2.81. The molecule has 3 heteroatoms. The molecule has 1 N–H and O–H groups in total. The number of hydrogen-bond acceptors (Lipinski definition) is 2. The van der Waals surface area contributed by atoms with Crippen LogP contribution < -0.4 is 5.32 Å². The Hall–Kier alpha value is -0.640. The maximum absolute atomic E-state index is 3.79. The number of nitrogens with one attached hydrogen (secondary N) is 1. The normalized spacial score (nSPS) is 20.0.